The van der Waals surface area contributed by atoms with E-state index >= 15 is 0 Å². The summed E-state index contributed by atoms with van der Waals surface area (Å²) in [5.41, 5.74) is -0.875. The van der Waals surface area contributed by atoms with Crippen LogP contribution in [0.25, 0.3) is 0 Å². The van der Waals surface area contributed by atoms with Crippen molar-refractivity contribution in [1.29, 1.82) is 0 Å². The molecule has 0 spiro atoms. The van der Waals surface area contributed by atoms with Crippen LogP contribution in [0.15, 0.2) is 39.9 Å². The zero-order valence-electron chi connectivity index (χ0n) is 14.3. The fraction of sp³-hybridized carbons (Fsp3) is 0.294. The van der Waals surface area contributed by atoms with Crippen LogP contribution in [0.2, 0.25) is 0 Å². The van der Waals surface area contributed by atoms with Crippen LogP contribution in [0.1, 0.15) is 17.4 Å². The summed E-state index contributed by atoms with van der Waals surface area (Å²) in [5.74, 6) is -0.133. The fourth-order valence-corrected chi connectivity index (χ4v) is 2.90. The number of nitrogens with zero attached hydrogens (tertiary/aromatic N) is 2. The number of ether oxygens (including phenoxy) is 1. The van der Waals surface area contributed by atoms with Crippen molar-refractivity contribution in [2.45, 2.75) is 13.0 Å². The molecule has 3 rings (SSSR count). The number of methoxy groups -OCH3 is 1. The summed E-state index contributed by atoms with van der Waals surface area (Å²) in [6.07, 6.45) is 0. The first-order valence-corrected chi connectivity index (χ1v) is 8.01. The predicted octanol–water partition coefficient (Wildman–Crippen LogP) is -0.0507. The van der Waals surface area contributed by atoms with E-state index in [-0.39, 0.29) is 18.1 Å². The number of nitrogens with one attached hydrogen (secondary N) is 2. The lowest BCUT2D eigenvalue weighted by atomic mass is 10.1. The molecule has 0 aliphatic carbocycles. The van der Waals surface area contributed by atoms with Gasteiger partial charge in [-0.3, -0.25) is 19.4 Å². The third-order valence-electron chi connectivity index (χ3n) is 4.29. The number of aromatic nitrogens is 2. The van der Waals surface area contributed by atoms with Crippen LogP contribution in [0.4, 0.5) is 5.69 Å². The lowest BCUT2D eigenvalue weighted by molar-refractivity contribution is -0.124. The summed E-state index contributed by atoms with van der Waals surface area (Å²) in [6.45, 7) is 2.18. The number of amides is 2. The molecule has 0 radical (unpaired) electrons. The Morgan fingerprint density at radius 1 is 1.12 bits per heavy atom. The average molecular weight is 358 g/mol. The molecular weight excluding hydrogens is 340 g/mol. The first kappa shape index (κ1) is 17.5. The zero-order valence-corrected chi connectivity index (χ0v) is 14.3. The van der Waals surface area contributed by atoms with Gasteiger partial charge in [0.05, 0.1) is 7.11 Å². The highest BCUT2D eigenvalue weighted by atomic mass is 16.5. The predicted molar refractivity (Wildman–Crippen MR) is 93.5 cm³/mol. The molecule has 1 aliphatic rings. The summed E-state index contributed by atoms with van der Waals surface area (Å²) in [5, 5.41) is 0. The largest absolute Gasteiger partial charge is 0.497 e. The molecule has 2 N–H and O–H groups in total. The number of anilines is 1. The fourth-order valence-electron chi connectivity index (χ4n) is 2.90. The van der Waals surface area contributed by atoms with Crippen LogP contribution in [0, 0.1) is 0 Å². The van der Waals surface area contributed by atoms with Gasteiger partial charge in [-0.05, 0) is 31.2 Å². The normalized spacial score (nSPS) is 17.3. The highest BCUT2D eigenvalue weighted by molar-refractivity contribution is 6.02. The molecule has 1 fully saturated rings. The molecule has 26 heavy (non-hydrogen) atoms. The van der Waals surface area contributed by atoms with Gasteiger partial charge in [-0.2, -0.15) is 0 Å². The Morgan fingerprint density at radius 3 is 2.42 bits per heavy atom. The molecule has 2 amide bonds. The third kappa shape index (κ3) is 3.23. The van der Waals surface area contributed by atoms with Gasteiger partial charge in [0.15, 0.2) is 0 Å². The molecule has 9 nitrogen and oxygen atoms in total. The van der Waals surface area contributed by atoms with E-state index in [1.165, 1.54) is 4.90 Å². The minimum atomic E-state index is -0.767. The second-order valence-corrected chi connectivity index (χ2v) is 5.86. The molecule has 1 aliphatic heterocycles. The summed E-state index contributed by atoms with van der Waals surface area (Å²) < 4.78 is 5.11. The maximum Gasteiger partial charge on any atom is 0.326 e. The number of hydrogen-bond acceptors (Lipinski definition) is 5. The van der Waals surface area contributed by atoms with Crippen molar-refractivity contribution < 1.29 is 14.3 Å². The number of hydrogen-bond donors (Lipinski definition) is 2. The molecule has 0 bridgehead atoms. The van der Waals surface area contributed by atoms with Crippen molar-refractivity contribution in [3.63, 3.8) is 0 Å². The number of rotatable bonds is 3. The van der Waals surface area contributed by atoms with Gasteiger partial charge in [0.2, 0.25) is 5.91 Å². The molecule has 2 heterocycles. The highest BCUT2D eigenvalue weighted by Gasteiger charge is 2.35. The molecular formula is C17H18N4O5. The molecule has 1 atom stereocenters. The molecule has 9 heteroatoms. The van der Waals surface area contributed by atoms with Gasteiger partial charge in [-0.25, -0.2) is 4.79 Å². The van der Waals surface area contributed by atoms with Gasteiger partial charge in [-0.15, -0.1) is 0 Å². The van der Waals surface area contributed by atoms with E-state index in [0.29, 0.717) is 18.0 Å². The SMILES string of the molecule is COc1ccc(N2CCN(C(=O)c3cc(=O)[nH]c(=O)[nH]3)C(C)C2=O)cc1. The van der Waals surface area contributed by atoms with Gasteiger partial charge in [0.25, 0.3) is 11.5 Å². The second-order valence-electron chi connectivity index (χ2n) is 5.86. The Bertz CT molecular complexity index is 918. The Labute approximate surface area is 148 Å². The van der Waals surface area contributed by atoms with Gasteiger partial charge in [0, 0.05) is 24.8 Å². The van der Waals surface area contributed by atoms with Crippen LogP contribution in [0.3, 0.4) is 0 Å². The monoisotopic (exact) mass is 358 g/mol. The van der Waals surface area contributed by atoms with Crippen LogP contribution in [0.5, 0.6) is 5.75 Å². The zero-order chi connectivity index (χ0) is 18.8. The first-order valence-electron chi connectivity index (χ1n) is 8.01. The van der Waals surface area contributed by atoms with Gasteiger partial charge in [-0.1, -0.05) is 0 Å². The van der Waals surface area contributed by atoms with E-state index in [1.807, 2.05) is 4.98 Å². The minimum absolute atomic E-state index is 0.142. The number of piperazine rings is 1. The van der Waals surface area contributed by atoms with E-state index < -0.39 is 23.2 Å². The molecule has 0 saturated carbocycles. The van der Waals surface area contributed by atoms with Gasteiger partial charge < -0.3 is 19.5 Å². The number of carbonyl (C=O) groups excluding carboxylic acids is 2. The average Bonchev–Trinajstić information content (AvgIpc) is 2.63. The summed E-state index contributed by atoms with van der Waals surface area (Å²) in [7, 11) is 1.56. The number of aromatic amines is 2. The molecule has 1 aromatic carbocycles. The van der Waals surface area contributed by atoms with Crippen molar-refractivity contribution >= 4 is 17.5 Å². The van der Waals surface area contributed by atoms with Crippen LogP contribution in [-0.4, -0.2) is 52.9 Å². The Kier molecular flexibility index (Phi) is 4.61. The molecule has 1 saturated heterocycles. The third-order valence-corrected chi connectivity index (χ3v) is 4.29. The Morgan fingerprint density at radius 2 is 1.81 bits per heavy atom. The van der Waals surface area contributed by atoms with Crippen LogP contribution < -0.4 is 20.9 Å². The smallest absolute Gasteiger partial charge is 0.326 e. The maximum atomic E-state index is 12.7. The topological polar surface area (TPSA) is 116 Å². The Balaban J connectivity index is 1.81. The molecule has 1 aromatic heterocycles. The van der Waals surface area contributed by atoms with E-state index in [4.69, 9.17) is 4.74 Å². The maximum absolute atomic E-state index is 12.7. The minimum Gasteiger partial charge on any atom is -0.497 e. The van der Waals surface area contributed by atoms with Crippen molar-refractivity contribution in [3.8, 4) is 5.75 Å². The van der Waals surface area contributed by atoms with Crippen molar-refractivity contribution in [2.75, 3.05) is 25.1 Å². The lowest BCUT2D eigenvalue weighted by Crippen LogP contribution is -2.58. The van der Waals surface area contributed by atoms with Crippen molar-refractivity contribution in [3.05, 3.63) is 56.9 Å². The standard InChI is InChI=1S/C17H18N4O5/c1-10-15(23)21(11-3-5-12(26-2)6-4-11)8-7-20(10)16(24)13-9-14(22)19-17(25)18-13/h3-6,9-10H,7-8H2,1-2H3,(H2,18,19,22,25). The first-order chi connectivity index (χ1) is 12.4. The van der Waals surface area contributed by atoms with Gasteiger partial charge in [0.1, 0.15) is 17.5 Å². The molecule has 1 unspecified atom stereocenters. The highest BCUT2D eigenvalue weighted by Crippen LogP contribution is 2.23. The second kappa shape index (κ2) is 6.87. The number of benzene rings is 1. The van der Waals surface area contributed by atoms with Gasteiger partial charge >= 0.3 is 5.69 Å². The van der Waals surface area contributed by atoms with Crippen LogP contribution >= 0.6 is 0 Å². The van der Waals surface area contributed by atoms with Crippen molar-refractivity contribution in [2.24, 2.45) is 0 Å². The van der Waals surface area contributed by atoms with Crippen LogP contribution in [-0.2, 0) is 4.79 Å². The summed E-state index contributed by atoms with van der Waals surface area (Å²) in [6, 6.07) is 7.33. The summed E-state index contributed by atoms with van der Waals surface area (Å²) >= 11 is 0. The lowest BCUT2D eigenvalue weighted by Gasteiger charge is -2.39. The van der Waals surface area contributed by atoms with E-state index in [0.717, 1.165) is 6.07 Å². The van der Waals surface area contributed by atoms with E-state index in [9.17, 15) is 19.2 Å². The number of H-pyrrole nitrogens is 2. The summed E-state index contributed by atoms with van der Waals surface area (Å²) in [4.78, 5) is 55.3. The quantitative estimate of drug-likeness (QED) is 0.798. The van der Waals surface area contributed by atoms with E-state index in [2.05, 4.69) is 4.98 Å². The van der Waals surface area contributed by atoms with E-state index in [1.54, 1.807) is 43.2 Å². The molecule has 136 valence electrons. The Hall–Kier alpha value is -3.36. The number of carbonyl (C=O) groups is 2. The molecule has 2 aromatic rings. The van der Waals surface area contributed by atoms with Crippen molar-refractivity contribution in [1.82, 2.24) is 14.9 Å².